The zero-order valence-electron chi connectivity index (χ0n) is 15.5. The van der Waals surface area contributed by atoms with Crippen LogP contribution in [0.4, 0.5) is 0 Å². The molecule has 1 aliphatic rings. The minimum atomic E-state index is 0.0796. The smallest absolute Gasteiger partial charge is 0.225 e. The Morgan fingerprint density at radius 2 is 2.00 bits per heavy atom. The predicted molar refractivity (Wildman–Crippen MR) is 96.9 cm³/mol. The van der Waals surface area contributed by atoms with Crippen LogP contribution in [0.15, 0.2) is 12.3 Å². The highest BCUT2D eigenvalue weighted by Crippen LogP contribution is 2.23. The van der Waals surface area contributed by atoms with Crippen LogP contribution in [-0.4, -0.2) is 43.8 Å². The maximum Gasteiger partial charge on any atom is 0.225 e. The molecule has 3 heterocycles. The van der Waals surface area contributed by atoms with Gasteiger partial charge >= 0.3 is 0 Å². The Morgan fingerprint density at radius 1 is 1.28 bits per heavy atom. The van der Waals surface area contributed by atoms with Crippen LogP contribution in [0.5, 0.6) is 0 Å². The lowest BCUT2D eigenvalue weighted by atomic mass is 9.92. The van der Waals surface area contributed by atoms with Gasteiger partial charge in [-0.1, -0.05) is 13.8 Å². The van der Waals surface area contributed by atoms with Gasteiger partial charge in [-0.25, -0.2) is 15.0 Å². The molecule has 0 aliphatic carbocycles. The van der Waals surface area contributed by atoms with Crippen LogP contribution in [-0.2, 0) is 11.2 Å². The van der Waals surface area contributed by atoms with Crippen LogP contribution in [0.25, 0.3) is 11.5 Å². The SMILES string of the molecule is Cc1cc(-c2ncc(C)[nH]2)nc(CC2CCN(C(=O)C(C)C)CC2)n1. The lowest BCUT2D eigenvalue weighted by molar-refractivity contribution is -0.135. The van der Waals surface area contributed by atoms with Gasteiger partial charge < -0.3 is 9.88 Å². The minimum Gasteiger partial charge on any atom is -0.342 e. The van der Waals surface area contributed by atoms with Crippen molar-refractivity contribution in [2.24, 2.45) is 11.8 Å². The summed E-state index contributed by atoms with van der Waals surface area (Å²) < 4.78 is 0. The standard InChI is InChI=1S/C19H27N5O/c1-12(2)19(25)24-7-5-15(6-8-24)10-17-21-13(3)9-16(23-17)18-20-11-14(4)22-18/h9,11-12,15H,5-8,10H2,1-4H3,(H,20,22). The molecule has 0 saturated carbocycles. The number of nitrogens with one attached hydrogen (secondary N) is 1. The van der Waals surface area contributed by atoms with Gasteiger partial charge in [-0.15, -0.1) is 0 Å². The van der Waals surface area contributed by atoms with Gasteiger partial charge in [0.1, 0.15) is 11.5 Å². The van der Waals surface area contributed by atoms with Crippen molar-refractivity contribution in [2.45, 2.75) is 47.0 Å². The summed E-state index contributed by atoms with van der Waals surface area (Å²) in [4.78, 5) is 31.0. The van der Waals surface area contributed by atoms with E-state index < -0.39 is 0 Å². The number of piperidine rings is 1. The number of carbonyl (C=O) groups excluding carboxylic acids is 1. The summed E-state index contributed by atoms with van der Waals surface area (Å²) in [6, 6.07) is 1.96. The largest absolute Gasteiger partial charge is 0.342 e. The number of H-pyrrole nitrogens is 1. The van der Waals surface area contributed by atoms with Crippen molar-refractivity contribution < 1.29 is 4.79 Å². The van der Waals surface area contributed by atoms with E-state index in [1.807, 2.05) is 44.9 Å². The van der Waals surface area contributed by atoms with E-state index in [4.69, 9.17) is 4.98 Å². The van der Waals surface area contributed by atoms with Crippen molar-refractivity contribution in [1.29, 1.82) is 0 Å². The van der Waals surface area contributed by atoms with Gasteiger partial charge in [0.25, 0.3) is 0 Å². The molecule has 1 aliphatic heterocycles. The maximum absolute atomic E-state index is 12.1. The topological polar surface area (TPSA) is 74.8 Å². The van der Waals surface area contributed by atoms with E-state index in [9.17, 15) is 4.79 Å². The third-order valence-electron chi connectivity index (χ3n) is 4.74. The van der Waals surface area contributed by atoms with E-state index >= 15 is 0 Å². The van der Waals surface area contributed by atoms with Gasteiger partial charge in [-0.05, 0) is 38.7 Å². The quantitative estimate of drug-likeness (QED) is 0.928. The first-order valence-corrected chi connectivity index (χ1v) is 9.07. The zero-order chi connectivity index (χ0) is 18.0. The summed E-state index contributed by atoms with van der Waals surface area (Å²) in [6.07, 6.45) is 4.71. The average Bonchev–Trinajstić information content (AvgIpc) is 3.01. The minimum absolute atomic E-state index is 0.0796. The summed E-state index contributed by atoms with van der Waals surface area (Å²) in [7, 11) is 0. The number of carbonyl (C=O) groups is 1. The second-order valence-electron chi connectivity index (χ2n) is 7.35. The van der Waals surface area contributed by atoms with Crippen molar-refractivity contribution in [3.8, 4) is 11.5 Å². The molecular formula is C19H27N5O. The number of aryl methyl sites for hydroxylation is 2. The summed E-state index contributed by atoms with van der Waals surface area (Å²) in [5.74, 6) is 2.54. The average molecular weight is 341 g/mol. The summed E-state index contributed by atoms with van der Waals surface area (Å²) in [5.41, 5.74) is 2.83. The van der Waals surface area contributed by atoms with Crippen molar-refractivity contribution >= 4 is 5.91 Å². The normalized spacial score (nSPS) is 15.8. The van der Waals surface area contributed by atoms with E-state index in [1.54, 1.807) is 0 Å². The Bertz CT molecular complexity index is 744. The van der Waals surface area contributed by atoms with Crippen LogP contribution >= 0.6 is 0 Å². The number of imidazole rings is 1. The summed E-state index contributed by atoms with van der Waals surface area (Å²) in [6.45, 7) is 9.60. The molecule has 6 heteroatoms. The molecule has 1 N–H and O–H groups in total. The molecule has 0 bridgehead atoms. The van der Waals surface area contributed by atoms with Gasteiger partial charge in [-0.3, -0.25) is 4.79 Å². The molecular weight excluding hydrogens is 314 g/mol. The van der Waals surface area contributed by atoms with Crippen LogP contribution in [0.2, 0.25) is 0 Å². The Labute approximate surface area is 149 Å². The number of hydrogen-bond donors (Lipinski definition) is 1. The van der Waals surface area contributed by atoms with Crippen LogP contribution < -0.4 is 0 Å². The number of nitrogens with zero attached hydrogens (tertiary/aromatic N) is 4. The first-order chi connectivity index (χ1) is 11.9. The number of aromatic nitrogens is 4. The number of likely N-dealkylation sites (tertiary alicyclic amines) is 1. The highest BCUT2D eigenvalue weighted by atomic mass is 16.2. The fraction of sp³-hybridized carbons (Fsp3) is 0.579. The Hall–Kier alpha value is -2.24. The molecule has 1 saturated heterocycles. The molecule has 1 fully saturated rings. The fourth-order valence-electron chi connectivity index (χ4n) is 3.37. The first-order valence-electron chi connectivity index (χ1n) is 9.07. The molecule has 2 aromatic rings. The van der Waals surface area contributed by atoms with Crippen molar-refractivity contribution in [3.63, 3.8) is 0 Å². The van der Waals surface area contributed by atoms with E-state index in [0.29, 0.717) is 5.92 Å². The highest BCUT2D eigenvalue weighted by molar-refractivity contribution is 5.78. The lowest BCUT2D eigenvalue weighted by Gasteiger charge is -2.32. The molecule has 0 atom stereocenters. The Balaban J connectivity index is 1.66. The Kier molecular flexibility index (Phi) is 5.16. The number of hydrogen-bond acceptors (Lipinski definition) is 4. The monoisotopic (exact) mass is 341 g/mol. The maximum atomic E-state index is 12.1. The van der Waals surface area contributed by atoms with Gasteiger partial charge in [0.05, 0.1) is 0 Å². The molecule has 134 valence electrons. The van der Waals surface area contributed by atoms with Crippen molar-refractivity contribution in [2.75, 3.05) is 13.1 Å². The third kappa shape index (κ3) is 4.24. The van der Waals surface area contributed by atoms with Crippen molar-refractivity contribution in [3.05, 3.63) is 29.5 Å². The molecule has 25 heavy (non-hydrogen) atoms. The van der Waals surface area contributed by atoms with E-state index in [0.717, 1.165) is 61.1 Å². The number of rotatable bonds is 4. The second-order valence-corrected chi connectivity index (χ2v) is 7.35. The van der Waals surface area contributed by atoms with Gasteiger partial charge in [0, 0.05) is 43.0 Å². The summed E-state index contributed by atoms with van der Waals surface area (Å²) in [5, 5.41) is 0. The third-order valence-corrected chi connectivity index (χ3v) is 4.74. The van der Waals surface area contributed by atoms with Gasteiger partial charge in [0.15, 0.2) is 5.82 Å². The fourth-order valence-corrected chi connectivity index (χ4v) is 3.37. The van der Waals surface area contributed by atoms with Gasteiger partial charge in [-0.2, -0.15) is 0 Å². The molecule has 1 amide bonds. The molecule has 6 nitrogen and oxygen atoms in total. The van der Waals surface area contributed by atoms with Crippen molar-refractivity contribution in [1.82, 2.24) is 24.8 Å². The highest BCUT2D eigenvalue weighted by Gasteiger charge is 2.25. The Morgan fingerprint density at radius 3 is 2.60 bits per heavy atom. The predicted octanol–water partition coefficient (Wildman–Crippen LogP) is 2.92. The number of amides is 1. The summed E-state index contributed by atoms with van der Waals surface area (Å²) >= 11 is 0. The van der Waals surface area contributed by atoms with Crippen LogP contribution in [0, 0.1) is 25.7 Å². The zero-order valence-corrected chi connectivity index (χ0v) is 15.5. The van der Waals surface area contributed by atoms with Crippen LogP contribution in [0.1, 0.15) is 43.9 Å². The van der Waals surface area contributed by atoms with E-state index in [1.165, 1.54) is 0 Å². The number of aromatic amines is 1. The van der Waals surface area contributed by atoms with Gasteiger partial charge in [0.2, 0.25) is 5.91 Å². The molecule has 0 radical (unpaired) electrons. The molecule has 0 unspecified atom stereocenters. The molecule has 0 spiro atoms. The van der Waals surface area contributed by atoms with E-state index in [-0.39, 0.29) is 11.8 Å². The molecule has 3 rings (SSSR count). The first kappa shape index (κ1) is 17.6. The van der Waals surface area contributed by atoms with Crippen LogP contribution in [0.3, 0.4) is 0 Å². The lowest BCUT2D eigenvalue weighted by Crippen LogP contribution is -2.41. The molecule has 0 aromatic carbocycles. The second kappa shape index (κ2) is 7.33. The molecule has 2 aromatic heterocycles. The van der Waals surface area contributed by atoms with E-state index in [2.05, 4.69) is 15.0 Å².